The van der Waals surface area contributed by atoms with Gasteiger partial charge in [-0.2, -0.15) is 0 Å². The number of hydrogen-bond donors (Lipinski definition) is 1. The fourth-order valence-electron chi connectivity index (χ4n) is 3.22. The first kappa shape index (κ1) is 19.7. The lowest BCUT2D eigenvalue weighted by molar-refractivity contribution is 0.178. The SMILES string of the molecule is COc1ccc(S(=O)(=O)NCC2CCN(Cc3cccnc3)CC2)cc1F. The number of methoxy groups -OCH3 is 1. The highest BCUT2D eigenvalue weighted by Crippen LogP contribution is 2.22. The molecule has 2 aromatic rings. The molecule has 0 aliphatic carbocycles. The summed E-state index contributed by atoms with van der Waals surface area (Å²) in [5.74, 6) is -0.396. The summed E-state index contributed by atoms with van der Waals surface area (Å²) in [5, 5.41) is 0. The van der Waals surface area contributed by atoms with Gasteiger partial charge in [0.2, 0.25) is 10.0 Å². The molecule has 1 fully saturated rings. The smallest absolute Gasteiger partial charge is 0.240 e. The second kappa shape index (κ2) is 8.77. The number of nitrogens with one attached hydrogen (secondary N) is 1. The van der Waals surface area contributed by atoms with Crippen LogP contribution in [0.3, 0.4) is 0 Å². The normalized spacial score (nSPS) is 16.4. The first-order valence-electron chi connectivity index (χ1n) is 8.92. The van der Waals surface area contributed by atoms with Gasteiger partial charge in [0, 0.05) is 25.5 Å². The number of likely N-dealkylation sites (tertiary alicyclic amines) is 1. The lowest BCUT2D eigenvalue weighted by Crippen LogP contribution is -2.38. The van der Waals surface area contributed by atoms with E-state index in [-0.39, 0.29) is 16.6 Å². The number of aromatic nitrogens is 1. The maximum atomic E-state index is 13.8. The molecule has 0 unspecified atom stereocenters. The van der Waals surface area contributed by atoms with Gasteiger partial charge in [-0.05, 0) is 61.7 Å². The van der Waals surface area contributed by atoms with E-state index in [2.05, 4.69) is 20.7 Å². The van der Waals surface area contributed by atoms with Gasteiger partial charge in [0.1, 0.15) is 0 Å². The van der Waals surface area contributed by atoms with Crippen molar-refractivity contribution in [3.05, 3.63) is 54.1 Å². The molecule has 1 aromatic carbocycles. The van der Waals surface area contributed by atoms with E-state index in [1.807, 2.05) is 12.3 Å². The second-order valence-electron chi connectivity index (χ2n) is 6.73. The van der Waals surface area contributed by atoms with E-state index in [0.29, 0.717) is 6.54 Å². The summed E-state index contributed by atoms with van der Waals surface area (Å²) in [7, 11) is -2.40. The number of nitrogens with zero attached hydrogens (tertiary/aromatic N) is 2. The first-order valence-corrected chi connectivity index (χ1v) is 10.4. The van der Waals surface area contributed by atoms with Gasteiger partial charge in [-0.3, -0.25) is 9.88 Å². The van der Waals surface area contributed by atoms with Crippen LogP contribution in [0, 0.1) is 11.7 Å². The average molecular weight is 393 g/mol. The minimum atomic E-state index is -3.74. The number of rotatable bonds is 7. The van der Waals surface area contributed by atoms with Crippen LogP contribution in [-0.2, 0) is 16.6 Å². The van der Waals surface area contributed by atoms with Crippen molar-refractivity contribution in [2.75, 3.05) is 26.7 Å². The van der Waals surface area contributed by atoms with Crippen LogP contribution in [0.1, 0.15) is 18.4 Å². The molecule has 3 rings (SSSR count). The number of halogens is 1. The van der Waals surface area contributed by atoms with Crippen molar-refractivity contribution in [2.24, 2.45) is 5.92 Å². The molecule has 6 nitrogen and oxygen atoms in total. The summed E-state index contributed by atoms with van der Waals surface area (Å²) in [6.07, 6.45) is 5.46. The predicted molar refractivity (Wildman–Crippen MR) is 100 cm³/mol. The molecule has 0 atom stereocenters. The number of benzene rings is 1. The van der Waals surface area contributed by atoms with E-state index in [0.717, 1.165) is 38.5 Å². The van der Waals surface area contributed by atoms with Gasteiger partial charge in [-0.1, -0.05) is 6.07 Å². The number of piperidine rings is 1. The standard InChI is InChI=1S/C19H24FN3O3S/c1-26-19-5-4-17(11-18(19)20)27(24,25)22-13-15-6-9-23(10-7-15)14-16-3-2-8-21-12-16/h2-5,8,11-12,15,22H,6-7,9-10,13-14H2,1H3. The lowest BCUT2D eigenvalue weighted by Gasteiger charge is -2.31. The van der Waals surface area contributed by atoms with Crippen molar-refractivity contribution in [3.63, 3.8) is 0 Å². The molecule has 0 saturated carbocycles. The monoisotopic (exact) mass is 393 g/mol. The Morgan fingerprint density at radius 2 is 2.07 bits per heavy atom. The highest BCUT2D eigenvalue weighted by molar-refractivity contribution is 7.89. The van der Waals surface area contributed by atoms with Crippen LogP contribution in [0.15, 0.2) is 47.6 Å². The molecule has 1 saturated heterocycles. The van der Waals surface area contributed by atoms with Crippen molar-refractivity contribution >= 4 is 10.0 Å². The zero-order valence-electron chi connectivity index (χ0n) is 15.3. The van der Waals surface area contributed by atoms with Gasteiger partial charge < -0.3 is 4.74 Å². The van der Waals surface area contributed by atoms with E-state index < -0.39 is 15.8 Å². The maximum absolute atomic E-state index is 13.8. The Morgan fingerprint density at radius 3 is 2.70 bits per heavy atom. The molecule has 0 bridgehead atoms. The van der Waals surface area contributed by atoms with Gasteiger partial charge in [0.25, 0.3) is 0 Å². The number of pyridine rings is 1. The van der Waals surface area contributed by atoms with Crippen LogP contribution in [-0.4, -0.2) is 45.0 Å². The molecule has 27 heavy (non-hydrogen) atoms. The van der Waals surface area contributed by atoms with E-state index in [4.69, 9.17) is 4.74 Å². The number of hydrogen-bond acceptors (Lipinski definition) is 5. The molecule has 146 valence electrons. The van der Waals surface area contributed by atoms with E-state index in [1.54, 1.807) is 6.20 Å². The van der Waals surface area contributed by atoms with Gasteiger partial charge in [0.15, 0.2) is 11.6 Å². The highest BCUT2D eigenvalue weighted by Gasteiger charge is 2.22. The number of ether oxygens (including phenoxy) is 1. The summed E-state index contributed by atoms with van der Waals surface area (Å²) >= 11 is 0. The maximum Gasteiger partial charge on any atom is 0.240 e. The third-order valence-corrected chi connectivity index (χ3v) is 6.25. The van der Waals surface area contributed by atoms with Crippen molar-refractivity contribution in [3.8, 4) is 5.75 Å². The fourth-order valence-corrected chi connectivity index (χ4v) is 4.35. The lowest BCUT2D eigenvalue weighted by atomic mass is 9.97. The first-order chi connectivity index (χ1) is 13.0. The molecular formula is C19H24FN3O3S. The van der Waals surface area contributed by atoms with Crippen LogP contribution in [0.2, 0.25) is 0 Å². The van der Waals surface area contributed by atoms with Crippen LogP contribution in [0.4, 0.5) is 4.39 Å². The van der Waals surface area contributed by atoms with Crippen LogP contribution >= 0.6 is 0 Å². The van der Waals surface area contributed by atoms with Crippen molar-refractivity contribution in [2.45, 2.75) is 24.3 Å². The van der Waals surface area contributed by atoms with Crippen LogP contribution in [0.25, 0.3) is 0 Å². The summed E-state index contributed by atoms with van der Waals surface area (Å²) < 4.78 is 46.0. The van der Waals surface area contributed by atoms with Crippen LogP contribution in [0.5, 0.6) is 5.75 Å². The summed E-state index contributed by atoms with van der Waals surface area (Å²) in [4.78, 5) is 6.39. The summed E-state index contributed by atoms with van der Waals surface area (Å²) in [5.41, 5.74) is 1.18. The second-order valence-corrected chi connectivity index (χ2v) is 8.50. The Labute approximate surface area is 159 Å². The Bertz CT molecular complexity index is 854. The van der Waals surface area contributed by atoms with Crippen molar-refractivity contribution < 1.29 is 17.5 Å². The van der Waals surface area contributed by atoms with Gasteiger partial charge in [0.05, 0.1) is 12.0 Å². The summed E-state index contributed by atoms with van der Waals surface area (Å²) in [6, 6.07) is 7.64. The van der Waals surface area contributed by atoms with Gasteiger partial charge >= 0.3 is 0 Å². The molecule has 1 aliphatic heterocycles. The van der Waals surface area contributed by atoms with Gasteiger partial charge in [-0.25, -0.2) is 17.5 Å². The van der Waals surface area contributed by atoms with Gasteiger partial charge in [-0.15, -0.1) is 0 Å². The van der Waals surface area contributed by atoms with E-state index >= 15 is 0 Å². The Kier molecular flexibility index (Phi) is 6.41. The predicted octanol–water partition coefficient (Wildman–Crippen LogP) is 2.42. The Balaban J connectivity index is 1.50. The van der Waals surface area contributed by atoms with E-state index in [1.165, 1.54) is 24.8 Å². The quantitative estimate of drug-likeness (QED) is 0.782. The molecule has 0 amide bonds. The minimum Gasteiger partial charge on any atom is -0.494 e. The average Bonchev–Trinajstić information content (AvgIpc) is 2.68. The van der Waals surface area contributed by atoms with Crippen molar-refractivity contribution in [1.82, 2.24) is 14.6 Å². The fraction of sp³-hybridized carbons (Fsp3) is 0.421. The molecule has 0 spiro atoms. The third-order valence-electron chi connectivity index (χ3n) is 4.83. The topological polar surface area (TPSA) is 71.5 Å². The molecular weight excluding hydrogens is 369 g/mol. The molecule has 2 heterocycles. The Morgan fingerprint density at radius 1 is 1.30 bits per heavy atom. The molecule has 1 N–H and O–H groups in total. The number of sulfonamides is 1. The van der Waals surface area contributed by atoms with Crippen LogP contribution < -0.4 is 9.46 Å². The van der Waals surface area contributed by atoms with E-state index in [9.17, 15) is 12.8 Å². The molecule has 1 aliphatic rings. The molecule has 8 heteroatoms. The highest BCUT2D eigenvalue weighted by atomic mass is 32.2. The Hall–Kier alpha value is -2.03. The molecule has 0 radical (unpaired) electrons. The minimum absolute atomic E-state index is 0.0231. The zero-order valence-corrected chi connectivity index (χ0v) is 16.1. The van der Waals surface area contributed by atoms with Crippen molar-refractivity contribution in [1.29, 1.82) is 0 Å². The third kappa shape index (κ3) is 5.24. The zero-order chi connectivity index (χ0) is 19.3. The largest absolute Gasteiger partial charge is 0.494 e. The molecule has 1 aromatic heterocycles. The summed E-state index contributed by atoms with van der Waals surface area (Å²) in [6.45, 7) is 3.05.